The average Bonchev–Trinajstić information content (AvgIpc) is 2.31. The number of sulfonamides is 1. The molecule has 6 nitrogen and oxygen atoms in total. The molecule has 0 aliphatic heterocycles. The second-order valence-corrected chi connectivity index (χ2v) is 6.93. The summed E-state index contributed by atoms with van der Waals surface area (Å²) < 4.78 is 37.9. The summed E-state index contributed by atoms with van der Waals surface area (Å²) in [5.74, 6) is -1.02. The van der Waals surface area contributed by atoms with Crippen LogP contribution in [0.25, 0.3) is 0 Å². The Kier molecular flexibility index (Phi) is 5.30. The molecule has 0 saturated carbocycles. The maximum atomic E-state index is 13.5. The van der Waals surface area contributed by atoms with Crippen LogP contribution >= 0.6 is 0 Å². The van der Waals surface area contributed by atoms with E-state index < -0.39 is 21.4 Å². The average molecular weight is 317 g/mol. The third kappa shape index (κ3) is 5.31. The lowest BCUT2D eigenvalue weighted by Crippen LogP contribution is -2.49. The van der Waals surface area contributed by atoms with E-state index in [0.717, 1.165) is 12.3 Å². The van der Waals surface area contributed by atoms with E-state index in [1.165, 1.54) is 12.1 Å². The summed E-state index contributed by atoms with van der Waals surface area (Å²) >= 11 is 0. The number of halogens is 1. The van der Waals surface area contributed by atoms with Gasteiger partial charge in [0, 0.05) is 5.69 Å². The van der Waals surface area contributed by atoms with Crippen molar-refractivity contribution in [1.82, 2.24) is 5.32 Å². The Hall–Kier alpha value is -1.67. The summed E-state index contributed by atoms with van der Waals surface area (Å²) in [6.07, 6.45) is 0.923. The molecule has 0 saturated heterocycles. The van der Waals surface area contributed by atoms with Crippen molar-refractivity contribution in [3.63, 3.8) is 0 Å². The Labute approximate surface area is 124 Å². The number of nitrogens with one attached hydrogen (secondary N) is 3. The molecule has 3 N–H and O–H groups in total. The molecule has 1 rings (SSSR count). The minimum absolute atomic E-state index is 0.212. The van der Waals surface area contributed by atoms with Gasteiger partial charge in [-0.15, -0.1) is 0 Å². The maximum absolute atomic E-state index is 13.5. The number of amides is 1. The summed E-state index contributed by atoms with van der Waals surface area (Å²) in [5, 5.41) is 5.63. The van der Waals surface area contributed by atoms with Crippen LogP contribution in [0.5, 0.6) is 0 Å². The molecule has 0 unspecified atom stereocenters. The van der Waals surface area contributed by atoms with Gasteiger partial charge in [0.25, 0.3) is 0 Å². The zero-order valence-electron chi connectivity index (χ0n) is 12.5. The van der Waals surface area contributed by atoms with Gasteiger partial charge in [0.2, 0.25) is 15.9 Å². The Morgan fingerprint density at radius 3 is 2.48 bits per heavy atom. The van der Waals surface area contributed by atoms with Crippen LogP contribution < -0.4 is 15.4 Å². The fourth-order valence-corrected chi connectivity index (χ4v) is 2.25. The summed E-state index contributed by atoms with van der Waals surface area (Å²) in [4.78, 5) is 12.1. The van der Waals surface area contributed by atoms with E-state index in [0.29, 0.717) is 12.2 Å². The molecule has 0 aromatic heterocycles. The smallest absolute Gasteiger partial charge is 0.244 e. The molecule has 0 aliphatic rings. The van der Waals surface area contributed by atoms with Gasteiger partial charge in [0.05, 0.1) is 17.5 Å². The van der Waals surface area contributed by atoms with Crippen LogP contribution in [-0.4, -0.2) is 32.7 Å². The van der Waals surface area contributed by atoms with Crippen LogP contribution in [0.2, 0.25) is 0 Å². The highest BCUT2D eigenvalue weighted by atomic mass is 32.2. The van der Waals surface area contributed by atoms with Gasteiger partial charge in [-0.1, -0.05) is 6.92 Å². The molecule has 8 heteroatoms. The molecule has 118 valence electrons. The summed E-state index contributed by atoms with van der Waals surface area (Å²) in [6, 6.07) is 3.68. The topological polar surface area (TPSA) is 87.3 Å². The third-order valence-electron chi connectivity index (χ3n) is 2.71. The van der Waals surface area contributed by atoms with Gasteiger partial charge in [-0.25, -0.2) is 12.8 Å². The molecule has 0 heterocycles. The Morgan fingerprint density at radius 2 is 1.95 bits per heavy atom. The second kappa shape index (κ2) is 6.40. The van der Waals surface area contributed by atoms with Crippen molar-refractivity contribution in [3.8, 4) is 0 Å². The van der Waals surface area contributed by atoms with Crippen LogP contribution in [0.1, 0.15) is 20.8 Å². The summed E-state index contributed by atoms with van der Waals surface area (Å²) in [6.45, 7) is 5.92. The van der Waals surface area contributed by atoms with Crippen LogP contribution in [0, 0.1) is 5.82 Å². The van der Waals surface area contributed by atoms with E-state index >= 15 is 0 Å². The SMILES string of the molecule is CCNC(C)(C)C(=O)Nc1ccc(F)c(NS(C)(=O)=O)c1. The van der Waals surface area contributed by atoms with E-state index in [4.69, 9.17) is 0 Å². The Morgan fingerprint density at radius 1 is 1.33 bits per heavy atom. The Balaban J connectivity index is 2.95. The number of rotatable bonds is 6. The van der Waals surface area contributed by atoms with Crippen LogP contribution in [0.15, 0.2) is 18.2 Å². The first kappa shape index (κ1) is 17.4. The zero-order valence-corrected chi connectivity index (χ0v) is 13.3. The van der Waals surface area contributed by atoms with Crippen molar-refractivity contribution in [3.05, 3.63) is 24.0 Å². The van der Waals surface area contributed by atoms with Gasteiger partial charge in [0.15, 0.2) is 0 Å². The van der Waals surface area contributed by atoms with Crippen molar-refractivity contribution >= 4 is 27.3 Å². The molecule has 1 aromatic rings. The van der Waals surface area contributed by atoms with Gasteiger partial charge in [-0.05, 0) is 38.6 Å². The number of likely N-dealkylation sites (N-methyl/N-ethyl adjacent to an activating group) is 1. The largest absolute Gasteiger partial charge is 0.324 e. The quantitative estimate of drug-likeness (QED) is 0.742. The fraction of sp³-hybridized carbons (Fsp3) is 0.462. The lowest BCUT2D eigenvalue weighted by Gasteiger charge is -2.24. The highest BCUT2D eigenvalue weighted by Gasteiger charge is 2.26. The fourth-order valence-electron chi connectivity index (χ4n) is 1.69. The number of hydrogen-bond acceptors (Lipinski definition) is 4. The van der Waals surface area contributed by atoms with Crippen molar-refractivity contribution in [2.75, 3.05) is 22.8 Å². The van der Waals surface area contributed by atoms with Crippen molar-refractivity contribution in [2.45, 2.75) is 26.3 Å². The first-order valence-electron chi connectivity index (χ1n) is 6.39. The van der Waals surface area contributed by atoms with Crippen LogP contribution in [0.3, 0.4) is 0 Å². The normalized spacial score (nSPS) is 12.0. The molecule has 0 aliphatic carbocycles. The van der Waals surface area contributed by atoms with Crippen molar-refractivity contribution in [2.24, 2.45) is 0 Å². The number of carbonyl (C=O) groups is 1. The van der Waals surface area contributed by atoms with Gasteiger partial charge in [-0.3, -0.25) is 9.52 Å². The monoisotopic (exact) mass is 317 g/mol. The molecule has 21 heavy (non-hydrogen) atoms. The predicted octanol–water partition coefficient (Wildman–Crippen LogP) is 1.52. The van der Waals surface area contributed by atoms with Gasteiger partial charge in [0.1, 0.15) is 5.82 Å². The number of carbonyl (C=O) groups excluding carboxylic acids is 1. The standard InChI is InChI=1S/C13H20FN3O3S/c1-5-15-13(2,3)12(18)16-9-6-7-10(14)11(8-9)17-21(4,19)20/h6-8,15,17H,5H2,1-4H3,(H,16,18). The third-order valence-corrected chi connectivity index (χ3v) is 3.30. The van der Waals surface area contributed by atoms with Crippen LogP contribution in [-0.2, 0) is 14.8 Å². The lowest BCUT2D eigenvalue weighted by molar-refractivity contribution is -0.121. The van der Waals surface area contributed by atoms with Crippen molar-refractivity contribution < 1.29 is 17.6 Å². The molecular weight excluding hydrogens is 297 g/mol. The second-order valence-electron chi connectivity index (χ2n) is 5.18. The Bertz CT molecular complexity index is 630. The number of hydrogen-bond donors (Lipinski definition) is 3. The van der Waals surface area contributed by atoms with E-state index in [1.54, 1.807) is 13.8 Å². The molecule has 0 atom stereocenters. The van der Waals surface area contributed by atoms with E-state index in [2.05, 4.69) is 15.4 Å². The first-order valence-corrected chi connectivity index (χ1v) is 8.28. The predicted molar refractivity (Wildman–Crippen MR) is 81.3 cm³/mol. The molecule has 0 fully saturated rings. The highest BCUT2D eigenvalue weighted by molar-refractivity contribution is 7.92. The minimum atomic E-state index is -3.60. The maximum Gasteiger partial charge on any atom is 0.244 e. The zero-order chi connectivity index (χ0) is 16.3. The van der Waals surface area contributed by atoms with Gasteiger partial charge < -0.3 is 10.6 Å². The molecule has 0 bridgehead atoms. The van der Waals surface area contributed by atoms with Gasteiger partial charge >= 0.3 is 0 Å². The molecule has 1 amide bonds. The number of anilines is 2. The van der Waals surface area contributed by atoms with Crippen LogP contribution in [0.4, 0.5) is 15.8 Å². The molecule has 1 aromatic carbocycles. The molecule has 0 radical (unpaired) electrons. The van der Waals surface area contributed by atoms with E-state index in [9.17, 15) is 17.6 Å². The first-order chi connectivity index (χ1) is 9.55. The van der Waals surface area contributed by atoms with E-state index in [-0.39, 0.29) is 11.6 Å². The highest BCUT2D eigenvalue weighted by Crippen LogP contribution is 2.21. The molecular formula is C13H20FN3O3S. The lowest BCUT2D eigenvalue weighted by atomic mass is 10.0. The molecule has 0 spiro atoms. The number of benzene rings is 1. The minimum Gasteiger partial charge on any atom is -0.324 e. The summed E-state index contributed by atoms with van der Waals surface area (Å²) in [7, 11) is -3.60. The van der Waals surface area contributed by atoms with E-state index in [1.807, 2.05) is 6.92 Å². The van der Waals surface area contributed by atoms with Crippen molar-refractivity contribution in [1.29, 1.82) is 0 Å². The van der Waals surface area contributed by atoms with Gasteiger partial charge in [-0.2, -0.15) is 0 Å². The summed E-state index contributed by atoms with van der Waals surface area (Å²) in [5.41, 5.74) is -0.705.